The van der Waals surface area contributed by atoms with E-state index in [4.69, 9.17) is 4.74 Å². The molecule has 2 fully saturated rings. The van der Waals surface area contributed by atoms with E-state index in [9.17, 15) is 8.78 Å². The molecular weight excluding hydrogens is 236 g/mol. The Bertz CT molecular complexity index is 282. The average molecular weight is 261 g/mol. The summed E-state index contributed by atoms with van der Waals surface area (Å²) in [6, 6.07) is 0.477. The minimum Gasteiger partial charge on any atom is -0.378 e. The standard InChI is InChI=1S/C14H25F2NO/c1-4-14(15,16)13(11(2)3)5-7-17(8-6-13)12-9-18-10-12/h11-12H,4-10H2,1-3H3. The smallest absolute Gasteiger partial charge is 0.253 e. The first-order chi connectivity index (χ1) is 8.43. The molecule has 2 aliphatic heterocycles. The van der Waals surface area contributed by atoms with Gasteiger partial charge in [0, 0.05) is 11.8 Å². The number of rotatable bonds is 4. The highest BCUT2D eigenvalue weighted by molar-refractivity contribution is 4.99. The molecule has 4 heteroatoms. The van der Waals surface area contributed by atoms with E-state index in [1.807, 2.05) is 13.8 Å². The van der Waals surface area contributed by atoms with Gasteiger partial charge in [-0.2, -0.15) is 0 Å². The van der Waals surface area contributed by atoms with Gasteiger partial charge < -0.3 is 4.74 Å². The minimum atomic E-state index is -2.54. The second-order valence-corrected chi connectivity index (χ2v) is 6.10. The summed E-state index contributed by atoms with van der Waals surface area (Å²) < 4.78 is 33.8. The molecule has 2 saturated heterocycles. The lowest BCUT2D eigenvalue weighted by Crippen LogP contribution is -2.57. The first-order valence-corrected chi connectivity index (χ1v) is 7.12. The van der Waals surface area contributed by atoms with Gasteiger partial charge in [-0.15, -0.1) is 0 Å². The molecule has 0 radical (unpaired) electrons. The van der Waals surface area contributed by atoms with Gasteiger partial charge in [-0.3, -0.25) is 4.90 Å². The lowest BCUT2D eigenvalue weighted by Gasteiger charge is -2.51. The zero-order valence-corrected chi connectivity index (χ0v) is 11.7. The molecule has 2 heterocycles. The summed E-state index contributed by atoms with van der Waals surface area (Å²) >= 11 is 0. The van der Waals surface area contributed by atoms with Crippen LogP contribution in [0.3, 0.4) is 0 Å². The van der Waals surface area contributed by atoms with Crippen molar-refractivity contribution in [3.8, 4) is 0 Å². The van der Waals surface area contributed by atoms with E-state index >= 15 is 0 Å². The van der Waals surface area contributed by atoms with Crippen LogP contribution in [0.15, 0.2) is 0 Å². The molecule has 18 heavy (non-hydrogen) atoms. The van der Waals surface area contributed by atoms with Crippen molar-refractivity contribution in [1.82, 2.24) is 4.90 Å². The highest BCUT2D eigenvalue weighted by Gasteiger charge is 2.55. The number of alkyl halides is 2. The molecule has 0 aromatic heterocycles. The quantitative estimate of drug-likeness (QED) is 0.770. The summed E-state index contributed by atoms with van der Waals surface area (Å²) in [5, 5.41) is 0. The Morgan fingerprint density at radius 1 is 1.28 bits per heavy atom. The maximum Gasteiger partial charge on any atom is 0.253 e. The van der Waals surface area contributed by atoms with Crippen LogP contribution >= 0.6 is 0 Å². The summed E-state index contributed by atoms with van der Waals surface area (Å²) in [5.41, 5.74) is -0.803. The predicted molar refractivity (Wildman–Crippen MR) is 67.9 cm³/mol. The third-order valence-electron chi connectivity index (χ3n) is 5.10. The molecule has 0 unspecified atom stereocenters. The molecule has 0 aromatic rings. The monoisotopic (exact) mass is 261 g/mol. The number of hydrogen-bond donors (Lipinski definition) is 0. The van der Waals surface area contributed by atoms with Gasteiger partial charge in [0.15, 0.2) is 0 Å². The van der Waals surface area contributed by atoms with E-state index < -0.39 is 11.3 Å². The van der Waals surface area contributed by atoms with Gasteiger partial charge in [0.05, 0.1) is 19.3 Å². The zero-order chi connectivity index (χ0) is 13.4. The Kier molecular flexibility index (Phi) is 3.98. The van der Waals surface area contributed by atoms with E-state index in [0.29, 0.717) is 18.9 Å². The summed E-state index contributed by atoms with van der Waals surface area (Å²) in [7, 11) is 0. The second-order valence-electron chi connectivity index (χ2n) is 6.10. The Labute approximate surface area is 109 Å². The van der Waals surface area contributed by atoms with E-state index in [1.54, 1.807) is 6.92 Å². The third-order valence-corrected chi connectivity index (χ3v) is 5.10. The maximum absolute atomic E-state index is 14.3. The van der Waals surface area contributed by atoms with Gasteiger partial charge in [0.2, 0.25) is 0 Å². The Morgan fingerprint density at radius 3 is 2.17 bits per heavy atom. The number of ether oxygens (including phenoxy) is 1. The van der Waals surface area contributed by atoms with Crippen LogP contribution in [0.5, 0.6) is 0 Å². The van der Waals surface area contributed by atoms with E-state index in [0.717, 1.165) is 26.3 Å². The number of hydrogen-bond acceptors (Lipinski definition) is 2. The maximum atomic E-state index is 14.3. The van der Waals surface area contributed by atoms with Gasteiger partial charge in [-0.1, -0.05) is 20.8 Å². The topological polar surface area (TPSA) is 12.5 Å². The van der Waals surface area contributed by atoms with E-state index in [-0.39, 0.29) is 12.3 Å². The normalized spacial score (nSPS) is 26.3. The molecule has 0 amide bonds. The molecule has 2 aliphatic rings. The Morgan fingerprint density at radius 2 is 1.83 bits per heavy atom. The average Bonchev–Trinajstić information content (AvgIpc) is 2.27. The van der Waals surface area contributed by atoms with Gasteiger partial charge in [0.1, 0.15) is 0 Å². The van der Waals surface area contributed by atoms with Crippen molar-refractivity contribution in [1.29, 1.82) is 0 Å². The van der Waals surface area contributed by atoms with Crippen LogP contribution in [0.4, 0.5) is 8.78 Å². The number of piperidine rings is 1. The first-order valence-electron chi connectivity index (χ1n) is 7.12. The fourth-order valence-corrected chi connectivity index (χ4v) is 3.44. The Hall–Kier alpha value is -0.220. The van der Waals surface area contributed by atoms with Crippen molar-refractivity contribution in [2.45, 2.75) is 52.0 Å². The first kappa shape index (κ1) is 14.2. The molecule has 0 aromatic carbocycles. The third kappa shape index (κ3) is 2.18. The summed E-state index contributed by atoms with van der Waals surface area (Å²) in [6.45, 7) is 8.65. The van der Waals surface area contributed by atoms with E-state index in [1.165, 1.54) is 0 Å². The van der Waals surface area contributed by atoms with Crippen LogP contribution in [0.2, 0.25) is 0 Å². The van der Waals surface area contributed by atoms with Crippen molar-refractivity contribution >= 4 is 0 Å². The molecule has 2 nitrogen and oxygen atoms in total. The van der Waals surface area contributed by atoms with Gasteiger partial charge >= 0.3 is 0 Å². The lowest BCUT2D eigenvalue weighted by atomic mass is 9.65. The molecule has 0 N–H and O–H groups in total. The SMILES string of the molecule is CCC(F)(F)C1(C(C)C)CCN(C2COC2)CC1. The summed E-state index contributed by atoms with van der Waals surface area (Å²) in [4.78, 5) is 2.33. The van der Waals surface area contributed by atoms with Gasteiger partial charge in [0.25, 0.3) is 5.92 Å². The fourth-order valence-electron chi connectivity index (χ4n) is 3.44. The summed E-state index contributed by atoms with van der Waals surface area (Å²) in [6.07, 6.45) is 1.18. The van der Waals surface area contributed by atoms with Crippen molar-refractivity contribution < 1.29 is 13.5 Å². The highest BCUT2D eigenvalue weighted by Crippen LogP contribution is 2.52. The molecule has 0 saturated carbocycles. The van der Waals surface area contributed by atoms with Crippen LogP contribution in [0, 0.1) is 11.3 Å². The molecule has 106 valence electrons. The minimum absolute atomic E-state index is 0.0345. The Balaban J connectivity index is 2.06. The number of nitrogens with zero attached hydrogens (tertiary/aromatic N) is 1. The number of halogens is 2. The van der Waals surface area contributed by atoms with Crippen molar-refractivity contribution in [2.24, 2.45) is 11.3 Å². The largest absolute Gasteiger partial charge is 0.378 e. The molecule has 0 aliphatic carbocycles. The van der Waals surface area contributed by atoms with Crippen LogP contribution in [-0.2, 0) is 4.74 Å². The van der Waals surface area contributed by atoms with Gasteiger partial charge in [-0.05, 0) is 31.8 Å². The van der Waals surface area contributed by atoms with Crippen molar-refractivity contribution in [3.63, 3.8) is 0 Å². The van der Waals surface area contributed by atoms with Crippen LogP contribution < -0.4 is 0 Å². The van der Waals surface area contributed by atoms with Gasteiger partial charge in [-0.25, -0.2) is 8.78 Å². The number of likely N-dealkylation sites (tertiary alicyclic amines) is 1. The molecule has 2 rings (SSSR count). The van der Waals surface area contributed by atoms with Crippen LogP contribution in [0.25, 0.3) is 0 Å². The highest BCUT2D eigenvalue weighted by atomic mass is 19.3. The lowest BCUT2D eigenvalue weighted by molar-refractivity contribution is -0.181. The van der Waals surface area contributed by atoms with Crippen molar-refractivity contribution in [2.75, 3.05) is 26.3 Å². The van der Waals surface area contributed by atoms with Crippen LogP contribution in [0.1, 0.15) is 40.0 Å². The zero-order valence-electron chi connectivity index (χ0n) is 11.7. The molecule has 0 bridgehead atoms. The molecule has 0 atom stereocenters. The fraction of sp³-hybridized carbons (Fsp3) is 1.00. The second kappa shape index (κ2) is 5.04. The molecular formula is C14H25F2NO. The molecule has 0 spiro atoms. The van der Waals surface area contributed by atoms with Crippen LogP contribution in [-0.4, -0.2) is 43.2 Å². The summed E-state index contributed by atoms with van der Waals surface area (Å²) in [5.74, 6) is -2.50. The van der Waals surface area contributed by atoms with Crippen molar-refractivity contribution in [3.05, 3.63) is 0 Å². The predicted octanol–water partition coefficient (Wildman–Crippen LogP) is 3.17. The van der Waals surface area contributed by atoms with E-state index in [2.05, 4.69) is 4.90 Å².